The summed E-state index contributed by atoms with van der Waals surface area (Å²) in [7, 11) is -4.12. The number of alkyl halides is 4. The fourth-order valence-corrected chi connectivity index (χ4v) is 4.85. The van der Waals surface area contributed by atoms with E-state index in [0.717, 1.165) is 11.3 Å². The Balaban J connectivity index is 3.13. The molecule has 0 saturated carbocycles. The minimum absolute atomic E-state index is 0.105. The second-order valence-electron chi connectivity index (χ2n) is 3.85. The number of nitrogens with zero attached hydrogens (tertiary/aromatic N) is 1. The van der Waals surface area contributed by atoms with Crippen LogP contribution in [-0.2, 0) is 15.9 Å². The standard InChI is InChI=1S/C10H13ClF3NO2S2/c1-3-15(6-10(12,13)14)19(16,17)9-4-7(2)8(5-11)18-9/h4H,3,5-6H2,1-2H3. The lowest BCUT2D eigenvalue weighted by atomic mass is 10.3. The van der Waals surface area contributed by atoms with Crippen molar-refractivity contribution in [3.8, 4) is 0 Å². The summed E-state index contributed by atoms with van der Waals surface area (Å²) < 4.78 is 61.6. The molecular formula is C10H13ClF3NO2S2. The molecule has 0 aliphatic heterocycles. The maximum atomic E-state index is 12.4. The van der Waals surface area contributed by atoms with Crippen LogP contribution >= 0.6 is 22.9 Å². The van der Waals surface area contributed by atoms with Gasteiger partial charge in [0.05, 0.1) is 5.88 Å². The van der Waals surface area contributed by atoms with E-state index >= 15 is 0 Å². The maximum Gasteiger partial charge on any atom is 0.402 e. The van der Waals surface area contributed by atoms with E-state index in [1.165, 1.54) is 13.0 Å². The Morgan fingerprint density at radius 1 is 1.42 bits per heavy atom. The predicted octanol–water partition coefficient (Wildman–Crippen LogP) is 3.37. The second kappa shape index (κ2) is 5.99. The van der Waals surface area contributed by atoms with Crippen LogP contribution in [0.1, 0.15) is 17.4 Å². The van der Waals surface area contributed by atoms with Crippen molar-refractivity contribution < 1.29 is 21.6 Å². The van der Waals surface area contributed by atoms with Crippen LogP contribution in [0.2, 0.25) is 0 Å². The Morgan fingerprint density at radius 2 is 2.00 bits per heavy atom. The van der Waals surface area contributed by atoms with Crippen LogP contribution in [0.25, 0.3) is 0 Å². The van der Waals surface area contributed by atoms with Crippen LogP contribution in [0, 0.1) is 6.92 Å². The molecule has 1 aromatic rings. The number of hydrogen-bond donors (Lipinski definition) is 0. The quantitative estimate of drug-likeness (QED) is 0.774. The fourth-order valence-electron chi connectivity index (χ4n) is 1.44. The van der Waals surface area contributed by atoms with E-state index in [0.29, 0.717) is 14.7 Å². The third kappa shape index (κ3) is 4.08. The molecule has 9 heteroatoms. The Labute approximate surface area is 119 Å². The zero-order valence-corrected chi connectivity index (χ0v) is 12.7. The van der Waals surface area contributed by atoms with E-state index in [9.17, 15) is 21.6 Å². The summed E-state index contributed by atoms with van der Waals surface area (Å²) in [4.78, 5) is 0.642. The molecular weight excluding hydrogens is 323 g/mol. The number of halogens is 4. The highest BCUT2D eigenvalue weighted by Crippen LogP contribution is 2.30. The fraction of sp³-hybridized carbons (Fsp3) is 0.600. The highest BCUT2D eigenvalue weighted by molar-refractivity contribution is 7.91. The average Bonchev–Trinajstić information content (AvgIpc) is 2.66. The van der Waals surface area contributed by atoms with E-state index in [-0.39, 0.29) is 16.6 Å². The Morgan fingerprint density at radius 3 is 2.37 bits per heavy atom. The summed E-state index contributed by atoms with van der Waals surface area (Å²) in [6.45, 7) is 1.31. The summed E-state index contributed by atoms with van der Waals surface area (Å²) in [6, 6.07) is 1.36. The topological polar surface area (TPSA) is 37.4 Å². The summed E-state index contributed by atoms with van der Waals surface area (Å²) in [5.41, 5.74) is 0.668. The molecule has 0 N–H and O–H groups in total. The average molecular weight is 336 g/mol. The Bertz CT molecular complexity index is 539. The number of sulfonamides is 1. The van der Waals surface area contributed by atoms with E-state index < -0.39 is 22.7 Å². The van der Waals surface area contributed by atoms with Gasteiger partial charge in [0.2, 0.25) is 0 Å². The molecule has 1 heterocycles. The molecule has 3 nitrogen and oxygen atoms in total. The molecule has 1 rings (SSSR count). The smallest absolute Gasteiger partial charge is 0.206 e. The zero-order chi connectivity index (χ0) is 14.8. The molecule has 1 aromatic heterocycles. The lowest BCUT2D eigenvalue weighted by Crippen LogP contribution is -2.38. The Kier molecular flexibility index (Phi) is 5.28. The number of rotatable bonds is 5. The monoisotopic (exact) mass is 335 g/mol. The van der Waals surface area contributed by atoms with Crippen molar-refractivity contribution in [3.63, 3.8) is 0 Å². The molecule has 0 amide bonds. The Hall–Kier alpha value is -0.310. The third-order valence-electron chi connectivity index (χ3n) is 2.42. The minimum Gasteiger partial charge on any atom is -0.206 e. The van der Waals surface area contributed by atoms with Crippen molar-refractivity contribution in [2.24, 2.45) is 0 Å². The molecule has 0 aliphatic carbocycles. The van der Waals surface area contributed by atoms with Gasteiger partial charge >= 0.3 is 6.18 Å². The van der Waals surface area contributed by atoms with Crippen molar-refractivity contribution in [1.82, 2.24) is 4.31 Å². The highest BCUT2D eigenvalue weighted by Gasteiger charge is 2.36. The molecule has 0 aliphatic rings. The van der Waals surface area contributed by atoms with Crippen molar-refractivity contribution >= 4 is 33.0 Å². The first kappa shape index (κ1) is 16.7. The summed E-state index contributed by atoms with van der Waals surface area (Å²) in [5.74, 6) is 0.136. The molecule has 0 radical (unpaired) electrons. The van der Waals surface area contributed by atoms with Crippen LogP contribution in [0.15, 0.2) is 10.3 Å². The van der Waals surface area contributed by atoms with Gasteiger partial charge in [0.1, 0.15) is 10.8 Å². The number of hydrogen-bond acceptors (Lipinski definition) is 3. The van der Waals surface area contributed by atoms with Crippen LogP contribution < -0.4 is 0 Å². The zero-order valence-electron chi connectivity index (χ0n) is 10.3. The maximum absolute atomic E-state index is 12.4. The lowest BCUT2D eigenvalue weighted by Gasteiger charge is -2.20. The predicted molar refractivity (Wildman–Crippen MR) is 69.1 cm³/mol. The van der Waals surface area contributed by atoms with Crippen LogP contribution in [0.4, 0.5) is 13.2 Å². The largest absolute Gasteiger partial charge is 0.402 e. The molecule has 0 spiro atoms. The first-order chi connectivity index (χ1) is 8.61. The summed E-state index contributed by atoms with van der Waals surface area (Å²) >= 11 is 6.54. The van der Waals surface area contributed by atoms with E-state index in [2.05, 4.69) is 0 Å². The van der Waals surface area contributed by atoms with Crippen molar-refractivity contribution in [3.05, 3.63) is 16.5 Å². The van der Waals surface area contributed by atoms with Crippen molar-refractivity contribution in [2.45, 2.75) is 30.1 Å². The summed E-state index contributed by atoms with van der Waals surface area (Å²) in [5, 5.41) is 0. The van der Waals surface area contributed by atoms with E-state index in [1.807, 2.05) is 0 Å². The normalized spacial score (nSPS) is 13.2. The molecule has 0 atom stereocenters. The second-order valence-corrected chi connectivity index (χ2v) is 7.42. The molecule has 19 heavy (non-hydrogen) atoms. The van der Waals surface area contributed by atoms with Gasteiger partial charge in [-0.15, -0.1) is 22.9 Å². The van der Waals surface area contributed by atoms with Gasteiger partial charge in [0.15, 0.2) is 0 Å². The molecule has 0 aromatic carbocycles. The van der Waals surface area contributed by atoms with Crippen LogP contribution in [0.5, 0.6) is 0 Å². The van der Waals surface area contributed by atoms with Gasteiger partial charge in [0.25, 0.3) is 10.0 Å². The van der Waals surface area contributed by atoms with Crippen molar-refractivity contribution in [1.29, 1.82) is 0 Å². The molecule has 0 saturated heterocycles. The lowest BCUT2D eigenvalue weighted by molar-refractivity contribution is -0.135. The van der Waals surface area contributed by atoms with Gasteiger partial charge in [-0.3, -0.25) is 0 Å². The van der Waals surface area contributed by atoms with Gasteiger partial charge < -0.3 is 0 Å². The molecule has 0 fully saturated rings. The van der Waals surface area contributed by atoms with E-state index in [1.54, 1.807) is 6.92 Å². The molecule has 0 bridgehead atoms. The van der Waals surface area contributed by atoms with Crippen LogP contribution in [0.3, 0.4) is 0 Å². The third-order valence-corrected chi connectivity index (χ3v) is 6.45. The molecule has 110 valence electrons. The SMILES string of the molecule is CCN(CC(F)(F)F)S(=O)(=O)c1cc(C)c(CCl)s1. The minimum atomic E-state index is -4.56. The summed E-state index contributed by atoms with van der Waals surface area (Å²) in [6.07, 6.45) is -4.56. The van der Waals surface area contributed by atoms with Crippen LogP contribution in [-0.4, -0.2) is 32.0 Å². The van der Waals surface area contributed by atoms with Gasteiger partial charge in [-0.1, -0.05) is 6.92 Å². The van der Waals surface area contributed by atoms with Gasteiger partial charge in [-0.05, 0) is 18.6 Å². The first-order valence-electron chi connectivity index (χ1n) is 5.34. The molecule has 0 unspecified atom stereocenters. The van der Waals surface area contributed by atoms with E-state index in [4.69, 9.17) is 11.6 Å². The van der Waals surface area contributed by atoms with Gasteiger partial charge in [-0.2, -0.15) is 17.5 Å². The van der Waals surface area contributed by atoms with Crippen molar-refractivity contribution in [2.75, 3.05) is 13.1 Å². The van der Waals surface area contributed by atoms with Gasteiger partial charge in [0, 0.05) is 11.4 Å². The highest BCUT2D eigenvalue weighted by atomic mass is 35.5. The first-order valence-corrected chi connectivity index (χ1v) is 8.13. The number of aryl methyl sites for hydroxylation is 1. The van der Waals surface area contributed by atoms with Gasteiger partial charge in [-0.25, -0.2) is 8.42 Å². The number of thiophene rings is 1.